The molecule has 0 aromatic rings. The Morgan fingerprint density at radius 2 is 0.582 bits per heavy atom. The van der Waals surface area contributed by atoms with Crippen molar-refractivity contribution >= 4 is 17.9 Å². The van der Waals surface area contributed by atoms with E-state index < -0.39 is 6.10 Å². The summed E-state index contributed by atoms with van der Waals surface area (Å²) >= 11 is 0. The number of rotatable bonds is 46. The molecule has 0 aliphatic carbocycles. The molecule has 0 N–H and O–H groups in total. The quantitative estimate of drug-likeness (QED) is 0.0262. The smallest absolute Gasteiger partial charge is 0.306 e. The highest BCUT2D eigenvalue weighted by molar-refractivity contribution is 5.71. The molecule has 0 amide bonds. The fraction of sp³-hybridized carbons (Fsp3) is 0.590. The third-order valence-electron chi connectivity index (χ3n) is 10.6. The zero-order chi connectivity index (χ0) is 48.6. The van der Waals surface area contributed by atoms with Crippen LogP contribution < -0.4 is 0 Å². The molecule has 0 bridgehead atoms. The Balaban J connectivity index is 4.43. The van der Waals surface area contributed by atoms with Gasteiger partial charge in [-0.1, -0.05) is 199 Å². The van der Waals surface area contributed by atoms with Crippen LogP contribution in [0.3, 0.4) is 0 Å². The van der Waals surface area contributed by atoms with Crippen LogP contribution in [0.4, 0.5) is 0 Å². The van der Waals surface area contributed by atoms with Gasteiger partial charge in [0.25, 0.3) is 0 Å². The van der Waals surface area contributed by atoms with E-state index in [1.807, 2.05) is 0 Å². The van der Waals surface area contributed by atoms with E-state index in [4.69, 9.17) is 14.2 Å². The monoisotopic (exact) mass is 925 g/mol. The summed E-state index contributed by atoms with van der Waals surface area (Å²) in [6, 6.07) is 0. The Labute approximate surface area is 411 Å². The molecular weight excluding hydrogens is 829 g/mol. The third kappa shape index (κ3) is 52.4. The Morgan fingerprint density at radius 3 is 0.940 bits per heavy atom. The van der Waals surface area contributed by atoms with E-state index in [2.05, 4.69) is 154 Å². The van der Waals surface area contributed by atoms with Gasteiger partial charge in [-0.2, -0.15) is 0 Å². The van der Waals surface area contributed by atoms with E-state index in [0.717, 1.165) is 148 Å². The summed E-state index contributed by atoms with van der Waals surface area (Å²) in [4.78, 5) is 38.0. The van der Waals surface area contributed by atoms with Crippen LogP contribution in [0, 0.1) is 0 Å². The molecule has 0 aliphatic rings. The van der Waals surface area contributed by atoms with Gasteiger partial charge in [0.15, 0.2) is 6.10 Å². The summed E-state index contributed by atoms with van der Waals surface area (Å²) in [6.07, 6.45) is 75.9. The summed E-state index contributed by atoms with van der Waals surface area (Å²) < 4.78 is 16.7. The molecule has 0 saturated heterocycles. The summed E-state index contributed by atoms with van der Waals surface area (Å²) in [7, 11) is 0. The topological polar surface area (TPSA) is 78.9 Å². The molecule has 1 atom stereocenters. The lowest BCUT2D eigenvalue weighted by molar-refractivity contribution is -0.167. The first-order chi connectivity index (χ1) is 33.0. The number of carbonyl (C=O) groups is 3. The second kappa shape index (κ2) is 54.2. The van der Waals surface area contributed by atoms with Gasteiger partial charge in [0, 0.05) is 19.3 Å². The second-order valence-corrected chi connectivity index (χ2v) is 17.0. The van der Waals surface area contributed by atoms with Crippen LogP contribution >= 0.6 is 0 Å². The molecule has 6 heteroatoms. The maximum absolute atomic E-state index is 12.8. The molecule has 6 nitrogen and oxygen atoms in total. The Kier molecular flexibility index (Phi) is 50.6. The van der Waals surface area contributed by atoms with Crippen LogP contribution in [0.5, 0.6) is 0 Å². The highest BCUT2D eigenvalue weighted by Crippen LogP contribution is 2.12. The van der Waals surface area contributed by atoms with Crippen LogP contribution in [-0.4, -0.2) is 37.2 Å². The number of esters is 3. The maximum Gasteiger partial charge on any atom is 0.306 e. The molecule has 0 spiro atoms. The zero-order valence-electron chi connectivity index (χ0n) is 42.9. The molecule has 67 heavy (non-hydrogen) atoms. The Morgan fingerprint density at radius 1 is 0.313 bits per heavy atom. The van der Waals surface area contributed by atoms with Gasteiger partial charge < -0.3 is 14.2 Å². The van der Waals surface area contributed by atoms with Gasteiger partial charge in [-0.25, -0.2) is 0 Å². The van der Waals surface area contributed by atoms with Crippen molar-refractivity contribution in [1.82, 2.24) is 0 Å². The predicted molar refractivity (Wildman–Crippen MR) is 288 cm³/mol. The largest absolute Gasteiger partial charge is 0.462 e. The van der Waals surface area contributed by atoms with Gasteiger partial charge in [-0.05, 0) is 128 Å². The second-order valence-electron chi connectivity index (χ2n) is 17.0. The van der Waals surface area contributed by atoms with Crippen molar-refractivity contribution in [3.63, 3.8) is 0 Å². The normalized spacial score (nSPS) is 13.2. The van der Waals surface area contributed by atoms with Gasteiger partial charge >= 0.3 is 17.9 Å². The number of carbonyl (C=O) groups excluding carboxylic acids is 3. The van der Waals surface area contributed by atoms with Gasteiger partial charge in [-0.3, -0.25) is 14.4 Å². The Hall–Kier alpha value is -4.45. The molecule has 0 radical (unpaired) electrons. The van der Waals surface area contributed by atoms with Crippen molar-refractivity contribution in [2.24, 2.45) is 0 Å². The van der Waals surface area contributed by atoms with Crippen molar-refractivity contribution in [3.05, 3.63) is 134 Å². The minimum Gasteiger partial charge on any atom is -0.462 e. The van der Waals surface area contributed by atoms with Crippen LogP contribution in [0.15, 0.2) is 134 Å². The maximum atomic E-state index is 12.8. The van der Waals surface area contributed by atoms with Gasteiger partial charge in [0.2, 0.25) is 0 Å². The van der Waals surface area contributed by atoms with Crippen molar-refractivity contribution in [1.29, 1.82) is 0 Å². The molecule has 0 aliphatic heterocycles. The van der Waals surface area contributed by atoms with Gasteiger partial charge in [-0.15, -0.1) is 0 Å². The minimum atomic E-state index is -0.814. The average Bonchev–Trinajstić information content (AvgIpc) is 3.33. The fourth-order valence-corrected chi connectivity index (χ4v) is 6.65. The molecule has 0 saturated carbocycles. The van der Waals surface area contributed by atoms with Crippen LogP contribution in [0.25, 0.3) is 0 Å². The number of ether oxygens (including phenoxy) is 3. The van der Waals surface area contributed by atoms with Gasteiger partial charge in [0.05, 0.1) is 0 Å². The van der Waals surface area contributed by atoms with Crippen molar-refractivity contribution in [3.8, 4) is 0 Å². The lowest BCUT2D eigenvalue weighted by Crippen LogP contribution is -2.30. The first-order valence-corrected chi connectivity index (χ1v) is 26.7. The predicted octanol–water partition coefficient (Wildman–Crippen LogP) is 17.9. The van der Waals surface area contributed by atoms with E-state index >= 15 is 0 Å². The van der Waals surface area contributed by atoms with E-state index in [9.17, 15) is 14.4 Å². The number of hydrogen-bond acceptors (Lipinski definition) is 6. The molecule has 0 aromatic heterocycles. The molecule has 0 heterocycles. The first kappa shape index (κ1) is 62.5. The van der Waals surface area contributed by atoms with Gasteiger partial charge in [0.1, 0.15) is 13.2 Å². The van der Waals surface area contributed by atoms with Crippen LogP contribution in [-0.2, 0) is 28.6 Å². The molecule has 0 aromatic carbocycles. The third-order valence-corrected chi connectivity index (χ3v) is 10.6. The van der Waals surface area contributed by atoms with Crippen molar-refractivity contribution in [2.75, 3.05) is 13.2 Å². The molecule has 0 fully saturated rings. The minimum absolute atomic E-state index is 0.110. The van der Waals surface area contributed by atoms with E-state index in [0.29, 0.717) is 12.8 Å². The summed E-state index contributed by atoms with van der Waals surface area (Å²) in [5.41, 5.74) is 0. The van der Waals surface area contributed by atoms with E-state index in [-0.39, 0.29) is 37.5 Å². The summed E-state index contributed by atoms with van der Waals surface area (Å²) in [5.74, 6) is -0.993. The molecule has 376 valence electrons. The molecule has 0 rings (SSSR count). The highest BCUT2D eigenvalue weighted by Gasteiger charge is 2.19. The number of allylic oxidation sites excluding steroid dienone is 22. The molecule has 1 unspecified atom stereocenters. The zero-order valence-corrected chi connectivity index (χ0v) is 42.9. The lowest BCUT2D eigenvalue weighted by atomic mass is 10.1. The SMILES string of the molecule is CC/C=C\C/C=C\C/C=C\C/C=C\C/C=C\C/C=C\C/C=C\CCCCCC(=O)OCC(COC(=O)CCCCCCC/C=C\CCCC)OC(=O)CCCCC/C=C\C/C=C\C/C=C\CC. The Bertz CT molecular complexity index is 1480. The highest BCUT2D eigenvalue weighted by atomic mass is 16.6. The van der Waals surface area contributed by atoms with Crippen molar-refractivity contribution < 1.29 is 28.6 Å². The van der Waals surface area contributed by atoms with E-state index in [1.165, 1.54) is 25.7 Å². The standard InChI is InChI=1S/C61H96O6/c1-4-7-10-13-16-19-22-24-25-26-27-28-29-30-31-32-33-34-35-37-39-42-45-48-51-54-60(63)66-57-58(56-65-59(62)53-50-47-44-41-38-21-18-15-12-9-6-3)67-61(64)55-52-49-46-43-40-36-23-20-17-14-11-8-5-2/h7-8,10-11,15-20,24-25,27-28,30-31,33-34,36-37,39-40,58H,4-6,9,12-14,21-23,26,29,32,35,38,41-57H2,1-3H3/b10-7-,11-8-,18-15-,19-16-,20-17-,25-24-,28-27-,31-30-,34-33-,39-37-,40-36-. The lowest BCUT2D eigenvalue weighted by Gasteiger charge is -2.18. The summed E-state index contributed by atoms with van der Waals surface area (Å²) in [5, 5.41) is 0. The molecular formula is C61H96O6. The van der Waals surface area contributed by atoms with Crippen LogP contribution in [0.1, 0.15) is 213 Å². The number of hydrogen-bond donors (Lipinski definition) is 0. The number of unbranched alkanes of at least 4 members (excludes halogenated alkanes) is 13. The average molecular weight is 925 g/mol. The fourth-order valence-electron chi connectivity index (χ4n) is 6.65. The first-order valence-electron chi connectivity index (χ1n) is 26.7. The van der Waals surface area contributed by atoms with Crippen LogP contribution in [0.2, 0.25) is 0 Å². The van der Waals surface area contributed by atoms with E-state index in [1.54, 1.807) is 0 Å². The van der Waals surface area contributed by atoms with Crippen molar-refractivity contribution in [2.45, 2.75) is 219 Å². The summed E-state index contributed by atoms with van der Waals surface area (Å²) in [6.45, 7) is 6.28.